The Balaban J connectivity index is 1.94. The predicted octanol–water partition coefficient (Wildman–Crippen LogP) is 2.41. The standard InChI is InChI=1S/C11H15NO2/c1-8(2)13-10-5-6-11(12-7-10)14-9-3-4-9/h5-9H,3-4H2,1-2H3. The van der Waals surface area contributed by atoms with Gasteiger partial charge in [0.25, 0.3) is 0 Å². The molecular weight excluding hydrogens is 178 g/mol. The lowest BCUT2D eigenvalue weighted by molar-refractivity contribution is 0.239. The molecule has 0 aliphatic heterocycles. The predicted molar refractivity (Wildman–Crippen MR) is 53.7 cm³/mol. The Bertz CT molecular complexity index is 268. The van der Waals surface area contributed by atoms with E-state index in [1.807, 2.05) is 26.0 Å². The number of pyridine rings is 1. The first-order chi connectivity index (χ1) is 6.74. The maximum Gasteiger partial charge on any atom is 0.213 e. The van der Waals surface area contributed by atoms with E-state index in [0.717, 1.165) is 18.6 Å². The quantitative estimate of drug-likeness (QED) is 0.735. The van der Waals surface area contributed by atoms with Crippen molar-refractivity contribution in [2.45, 2.75) is 38.9 Å². The Kier molecular flexibility index (Phi) is 2.57. The molecule has 0 spiro atoms. The molecule has 0 unspecified atom stereocenters. The monoisotopic (exact) mass is 193 g/mol. The molecule has 1 fully saturated rings. The van der Waals surface area contributed by atoms with Crippen molar-refractivity contribution in [2.24, 2.45) is 0 Å². The summed E-state index contributed by atoms with van der Waals surface area (Å²) in [6.07, 6.45) is 4.61. The van der Waals surface area contributed by atoms with Crippen LogP contribution in [0.2, 0.25) is 0 Å². The number of rotatable bonds is 4. The van der Waals surface area contributed by atoms with Gasteiger partial charge in [-0.05, 0) is 32.8 Å². The van der Waals surface area contributed by atoms with E-state index >= 15 is 0 Å². The van der Waals surface area contributed by atoms with Crippen LogP contribution < -0.4 is 9.47 Å². The number of aromatic nitrogens is 1. The average Bonchev–Trinajstić information content (AvgIpc) is 2.91. The molecule has 0 saturated heterocycles. The van der Waals surface area contributed by atoms with Crippen molar-refractivity contribution in [1.29, 1.82) is 0 Å². The molecule has 14 heavy (non-hydrogen) atoms. The Hall–Kier alpha value is -1.25. The summed E-state index contributed by atoms with van der Waals surface area (Å²) in [6.45, 7) is 3.99. The molecule has 1 aliphatic rings. The first-order valence-electron chi connectivity index (χ1n) is 5.03. The highest BCUT2D eigenvalue weighted by atomic mass is 16.5. The van der Waals surface area contributed by atoms with E-state index < -0.39 is 0 Å². The maximum absolute atomic E-state index is 5.52. The van der Waals surface area contributed by atoms with Gasteiger partial charge in [0.05, 0.1) is 12.3 Å². The second kappa shape index (κ2) is 3.86. The van der Waals surface area contributed by atoms with Gasteiger partial charge in [-0.2, -0.15) is 0 Å². The Morgan fingerprint density at radius 1 is 1.36 bits per heavy atom. The Morgan fingerprint density at radius 3 is 2.64 bits per heavy atom. The number of ether oxygens (including phenoxy) is 2. The Labute approximate surface area is 84.1 Å². The molecule has 1 aromatic rings. The molecule has 0 N–H and O–H groups in total. The summed E-state index contributed by atoms with van der Waals surface area (Å²) >= 11 is 0. The third-order valence-corrected chi connectivity index (χ3v) is 1.89. The van der Waals surface area contributed by atoms with Gasteiger partial charge in [-0.3, -0.25) is 0 Å². The van der Waals surface area contributed by atoms with Gasteiger partial charge >= 0.3 is 0 Å². The zero-order chi connectivity index (χ0) is 9.97. The van der Waals surface area contributed by atoms with Crippen LogP contribution in [0.4, 0.5) is 0 Å². The molecule has 3 heteroatoms. The highest BCUT2D eigenvalue weighted by molar-refractivity contribution is 5.23. The van der Waals surface area contributed by atoms with Crippen LogP contribution in [0.3, 0.4) is 0 Å². The van der Waals surface area contributed by atoms with E-state index in [1.54, 1.807) is 6.20 Å². The zero-order valence-corrected chi connectivity index (χ0v) is 8.56. The number of hydrogen-bond donors (Lipinski definition) is 0. The minimum atomic E-state index is 0.187. The van der Waals surface area contributed by atoms with Gasteiger partial charge in [0.2, 0.25) is 5.88 Å². The lowest BCUT2D eigenvalue weighted by Crippen LogP contribution is -2.06. The van der Waals surface area contributed by atoms with Gasteiger partial charge in [0.15, 0.2) is 0 Å². The molecule has 0 atom stereocenters. The topological polar surface area (TPSA) is 31.4 Å². The van der Waals surface area contributed by atoms with Crippen LogP contribution in [-0.4, -0.2) is 17.2 Å². The second-order valence-electron chi connectivity index (χ2n) is 3.82. The molecule has 0 amide bonds. The van der Waals surface area contributed by atoms with Crippen LogP contribution in [0.25, 0.3) is 0 Å². The van der Waals surface area contributed by atoms with E-state index in [4.69, 9.17) is 9.47 Å². The van der Waals surface area contributed by atoms with Crippen molar-refractivity contribution in [2.75, 3.05) is 0 Å². The van der Waals surface area contributed by atoms with Crippen LogP contribution in [0.5, 0.6) is 11.6 Å². The molecule has 0 bridgehead atoms. The molecule has 0 radical (unpaired) electrons. The van der Waals surface area contributed by atoms with Crippen molar-refractivity contribution in [1.82, 2.24) is 4.98 Å². The largest absolute Gasteiger partial charge is 0.489 e. The molecule has 1 saturated carbocycles. The van der Waals surface area contributed by atoms with Crippen LogP contribution in [0, 0.1) is 0 Å². The van der Waals surface area contributed by atoms with E-state index in [1.165, 1.54) is 0 Å². The summed E-state index contributed by atoms with van der Waals surface area (Å²) < 4.78 is 11.0. The van der Waals surface area contributed by atoms with Crippen LogP contribution in [0.15, 0.2) is 18.3 Å². The van der Waals surface area contributed by atoms with Crippen molar-refractivity contribution < 1.29 is 9.47 Å². The third kappa shape index (κ3) is 2.62. The van der Waals surface area contributed by atoms with E-state index in [0.29, 0.717) is 12.0 Å². The smallest absolute Gasteiger partial charge is 0.213 e. The Morgan fingerprint density at radius 2 is 2.14 bits per heavy atom. The summed E-state index contributed by atoms with van der Waals surface area (Å²) in [7, 11) is 0. The van der Waals surface area contributed by atoms with Crippen molar-refractivity contribution in [3.05, 3.63) is 18.3 Å². The van der Waals surface area contributed by atoms with E-state index in [2.05, 4.69) is 4.98 Å². The zero-order valence-electron chi connectivity index (χ0n) is 8.56. The summed E-state index contributed by atoms with van der Waals surface area (Å²) in [5.41, 5.74) is 0. The maximum atomic E-state index is 5.52. The molecule has 2 rings (SSSR count). The number of hydrogen-bond acceptors (Lipinski definition) is 3. The SMILES string of the molecule is CC(C)Oc1ccc(OC2CC2)nc1. The summed E-state index contributed by atoms with van der Waals surface area (Å²) in [5, 5.41) is 0. The summed E-state index contributed by atoms with van der Waals surface area (Å²) in [5.74, 6) is 1.49. The van der Waals surface area contributed by atoms with Crippen LogP contribution in [-0.2, 0) is 0 Å². The van der Waals surface area contributed by atoms with Crippen molar-refractivity contribution in [3.8, 4) is 11.6 Å². The fraction of sp³-hybridized carbons (Fsp3) is 0.545. The second-order valence-corrected chi connectivity index (χ2v) is 3.82. The van der Waals surface area contributed by atoms with Crippen LogP contribution in [0.1, 0.15) is 26.7 Å². The third-order valence-electron chi connectivity index (χ3n) is 1.89. The molecule has 1 aromatic heterocycles. The lowest BCUT2D eigenvalue weighted by atomic mass is 10.4. The van der Waals surface area contributed by atoms with Gasteiger partial charge in [-0.15, -0.1) is 0 Å². The molecule has 1 aliphatic carbocycles. The molecule has 1 heterocycles. The lowest BCUT2D eigenvalue weighted by Gasteiger charge is -2.09. The first-order valence-corrected chi connectivity index (χ1v) is 5.03. The van der Waals surface area contributed by atoms with E-state index in [-0.39, 0.29) is 6.10 Å². The van der Waals surface area contributed by atoms with Gasteiger partial charge in [-0.1, -0.05) is 0 Å². The van der Waals surface area contributed by atoms with Crippen molar-refractivity contribution >= 4 is 0 Å². The van der Waals surface area contributed by atoms with Gasteiger partial charge < -0.3 is 9.47 Å². The minimum Gasteiger partial charge on any atom is -0.489 e. The fourth-order valence-corrected chi connectivity index (χ4v) is 1.13. The number of nitrogens with zero attached hydrogens (tertiary/aromatic N) is 1. The highest BCUT2D eigenvalue weighted by Gasteiger charge is 2.23. The fourth-order valence-electron chi connectivity index (χ4n) is 1.13. The molecule has 0 aromatic carbocycles. The molecule has 3 nitrogen and oxygen atoms in total. The van der Waals surface area contributed by atoms with Crippen LogP contribution >= 0.6 is 0 Å². The summed E-state index contributed by atoms with van der Waals surface area (Å²) in [6, 6.07) is 3.75. The minimum absolute atomic E-state index is 0.187. The van der Waals surface area contributed by atoms with E-state index in [9.17, 15) is 0 Å². The van der Waals surface area contributed by atoms with Gasteiger partial charge in [-0.25, -0.2) is 4.98 Å². The van der Waals surface area contributed by atoms with Crippen molar-refractivity contribution in [3.63, 3.8) is 0 Å². The molecule has 76 valence electrons. The highest BCUT2D eigenvalue weighted by Crippen LogP contribution is 2.26. The molecular formula is C11H15NO2. The van der Waals surface area contributed by atoms with Gasteiger partial charge in [0, 0.05) is 6.07 Å². The average molecular weight is 193 g/mol. The van der Waals surface area contributed by atoms with Gasteiger partial charge in [0.1, 0.15) is 11.9 Å². The summed E-state index contributed by atoms with van der Waals surface area (Å²) in [4.78, 5) is 4.16. The normalized spacial score (nSPS) is 15.6. The first kappa shape index (κ1) is 9.31.